The number of terminal acetylenes is 2. The highest BCUT2D eigenvalue weighted by molar-refractivity contribution is 8.04. The third-order valence-electron chi connectivity index (χ3n) is 1.41. The van der Waals surface area contributed by atoms with Crippen LogP contribution in [0.15, 0.2) is 0 Å². The summed E-state index contributed by atoms with van der Waals surface area (Å²) in [6, 6.07) is 0. The van der Waals surface area contributed by atoms with Crippen LogP contribution in [0.25, 0.3) is 0 Å². The van der Waals surface area contributed by atoms with Crippen LogP contribution in [-0.2, 0) is 0 Å². The molecule has 0 nitrogen and oxygen atoms in total. The number of thioether (sulfide) groups is 2. The third-order valence-corrected chi connectivity index (χ3v) is 2.73. The molecule has 0 radical (unpaired) electrons. The molecule has 0 unspecified atom stereocenters. The van der Waals surface area contributed by atoms with Crippen molar-refractivity contribution in [1.82, 2.24) is 0 Å². The Balaban J connectivity index is 2.84. The second-order valence-corrected chi connectivity index (χ2v) is 4.21. The molecule has 0 aliphatic carbocycles. The highest BCUT2D eigenvalue weighted by Gasteiger charge is 1.89. The molecule has 0 atom stereocenters. The fraction of sp³-hybridized carbons (Fsp3) is 0.600. The zero-order chi connectivity index (χ0) is 9.07. The molecule has 12 heavy (non-hydrogen) atoms. The SMILES string of the molecule is C#CSCCCCCCSC#C. The quantitative estimate of drug-likeness (QED) is 0.455. The predicted octanol–water partition coefficient (Wildman–Crippen LogP) is 3.19. The van der Waals surface area contributed by atoms with E-state index in [1.165, 1.54) is 25.7 Å². The molecule has 0 fully saturated rings. The molecule has 0 aromatic carbocycles. The van der Waals surface area contributed by atoms with Gasteiger partial charge < -0.3 is 0 Å². The first-order valence-corrected chi connectivity index (χ1v) is 6.03. The van der Waals surface area contributed by atoms with E-state index in [-0.39, 0.29) is 0 Å². The average molecular weight is 198 g/mol. The van der Waals surface area contributed by atoms with Gasteiger partial charge in [0.1, 0.15) is 0 Å². The number of hydrogen-bond acceptors (Lipinski definition) is 2. The minimum atomic E-state index is 1.10. The fourth-order valence-corrected chi connectivity index (χ4v) is 1.75. The summed E-state index contributed by atoms with van der Waals surface area (Å²) in [5, 5.41) is 5.13. The molecule has 2 heteroatoms. The summed E-state index contributed by atoms with van der Waals surface area (Å²) in [6.07, 6.45) is 15.2. The highest BCUT2D eigenvalue weighted by Crippen LogP contribution is 2.08. The predicted molar refractivity (Wildman–Crippen MR) is 61.1 cm³/mol. The Hall–Kier alpha value is -0.180. The topological polar surface area (TPSA) is 0 Å². The maximum atomic E-state index is 5.10. The largest absolute Gasteiger partial charge is 0.108 e. The van der Waals surface area contributed by atoms with Crippen molar-refractivity contribution < 1.29 is 0 Å². The minimum Gasteiger partial charge on any atom is -0.108 e. The van der Waals surface area contributed by atoms with Gasteiger partial charge in [-0.25, -0.2) is 0 Å². The standard InChI is InChI=1S/C10H14S2/c1-3-11-9-7-5-6-8-10-12-4-2/h1-2H,5-10H2. The highest BCUT2D eigenvalue weighted by atomic mass is 32.2. The third kappa shape index (κ3) is 9.82. The monoisotopic (exact) mass is 198 g/mol. The van der Waals surface area contributed by atoms with Crippen molar-refractivity contribution in [2.45, 2.75) is 25.7 Å². The molecule has 0 amide bonds. The van der Waals surface area contributed by atoms with Gasteiger partial charge in [0.25, 0.3) is 0 Å². The van der Waals surface area contributed by atoms with E-state index in [1.54, 1.807) is 23.5 Å². The van der Waals surface area contributed by atoms with Crippen LogP contribution in [0.3, 0.4) is 0 Å². The van der Waals surface area contributed by atoms with Crippen LogP contribution in [0, 0.1) is 23.4 Å². The van der Waals surface area contributed by atoms with E-state index in [0.717, 1.165) is 11.5 Å². The fourth-order valence-electron chi connectivity index (χ4n) is 0.820. The molecule has 0 aromatic rings. The summed E-state index contributed by atoms with van der Waals surface area (Å²) in [6.45, 7) is 0. The van der Waals surface area contributed by atoms with Gasteiger partial charge in [0.15, 0.2) is 0 Å². The molecule has 0 saturated carbocycles. The second-order valence-electron chi connectivity index (χ2n) is 2.35. The number of rotatable bonds is 7. The normalized spacial score (nSPS) is 8.83. The first-order valence-electron chi connectivity index (χ1n) is 4.06. The van der Waals surface area contributed by atoms with Crippen LogP contribution in [0.2, 0.25) is 0 Å². The lowest BCUT2D eigenvalue weighted by atomic mass is 10.2. The van der Waals surface area contributed by atoms with Crippen molar-refractivity contribution in [3.63, 3.8) is 0 Å². The van der Waals surface area contributed by atoms with Gasteiger partial charge in [-0.15, -0.1) is 12.8 Å². The smallest absolute Gasteiger partial charge is 0.00566 e. The Morgan fingerprint density at radius 2 is 1.17 bits per heavy atom. The van der Waals surface area contributed by atoms with Crippen molar-refractivity contribution in [2.75, 3.05) is 11.5 Å². The van der Waals surface area contributed by atoms with Gasteiger partial charge in [-0.1, -0.05) is 36.4 Å². The summed E-state index contributed by atoms with van der Waals surface area (Å²) in [5.41, 5.74) is 0. The van der Waals surface area contributed by atoms with Crippen molar-refractivity contribution in [3.05, 3.63) is 0 Å². The Labute approximate surface area is 84.3 Å². The summed E-state index contributed by atoms with van der Waals surface area (Å²) in [4.78, 5) is 0. The maximum Gasteiger partial charge on any atom is 0.00566 e. The van der Waals surface area contributed by atoms with E-state index >= 15 is 0 Å². The van der Waals surface area contributed by atoms with Crippen molar-refractivity contribution >= 4 is 23.5 Å². The summed E-state index contributed by atoms with van der Waals surface area (Å²) < 4.78 is 0. The number of unbranched alkanes of at least 4 members (excludes halogenated alkanes) is 3. The molecule has 0 bridgehead atoms. The molecule has 0 saturated heterocycles. The average Bonchev–Trinajstić information content (AvgIpc) is 2.10. The molecular weight excluding hydrogens is 184 g/mol. The van der Waals surface area contributed by atoms with Gasteiger partial charge in [0.2, 0.25) is 0 Å². The zero-order valence-electron chi connectivity index (χ0n) is 7.21. The summed E-state index contributed by atoms with van der Waals surface area (Å²) in [7, 11) is 0. The molecule has 0 N–H and O–H groups in total. The lowest BCUT2D eigenvalue weighted by Crippen LogP contribution is -1.82. The van der Waals surface area contributed by atoms with Crippen molar-refractivity contribution in [3.8, 4) is 23.4 Å². The van der Waals surface area contributed by atoms with E-state index in [2.05, 4.69) is 10.5 Å². The van der Waals surface area contributed by atoms with Crippen LogP contribution in [-0.4, -0.2) is 11.5 Å². The molecule has 0 rings (SSSR count). The summed E-state index contributed by atoms with van der Waals surface area (Å²) >= 11 is 3.13. The van der Waals surface area contributed by atoms with Gasteiger partial charge >= 0.3 is 0 Å². The Morgan fingerprint density at radius 3 is 1.50 bits per heavy atom. The van der Waals surface area contributed by atoms with Crippen LogP contribution >= 0.6 is 23.5 Å². The molecule has 0 aromatic heterocycles. The van der Waals surface area contributed by atoms with Crippen LogP contribution in [0.1, 0.15) is 25.7 Å². The first-order chi connectivity index (χ1) is 5.91. The van der Waals surface area contributed by atoms with Gasteiger partial charge in [0, 0.05) is 11.5 Å². The van der Waals surface area contributed by atoms with Gasteiger partial charge in [-0.05, 0) is 23.3 Å². The lowest BCUT2D eigenvalue weighted by molar-refractivity contribution is 0.712. The summed E-state index contributed by atoms with van der Waals surface area (Å²) in [5.74, 6) is 2.19. The molecule has 66 valence electrons. The Morgan fingerprint density at radius 1 is 0.750 bits per heavy atom. The zero-order valence-corrected chi connectivity index (χ0v) is 8.85. The van der Waals surface area contributed by atoms with Crippen LogP contribution in [0.5, 0.6) is 0 Å². The maximum absolute atomic E-state index is 5.10. The van der Waals surface area contributed by atoms with E-state index in [1.807, 2.05) is 0 Å². The molecule has 0 spiro atoms. The van der Waals surface area contributed by atoms with Gasteiger partial charge in [-0.2, -0.15) is 0 Å². The molecular formula is C10H14S2. The van der Waals surface area contributed by atoms with Crippen molar-refractivity contribution in [2.24, 2.45) is 0 Å². The molecule has 0 aliphatic rings. The lowest BCUT2D eigenvalue weighted by Gasteiger charge is -1.96. The Kier molecular flexibility index (Phi) is 10.7. The molecule has 0 aliphatic heterocycles. The van der Waals surface area contributed by atoms with Gasteiger partial charge in [-0.3, -0.25) is 0 Å². The minimum absolute atomic E-state index is 1.10. The molecule has 0 heterocycles. The van der Waals surface area contributed by atoms with Crippen LogP contribution < -0.4 is 0 Å². The first kappa shape index (κ1) is 11.8. The van der Waals surface area contributed by atoms with E-state index in [9.17, 15) is 0 Å². The number of hydrogen-bond donors (Lipinski definition) is 0. The van der Waals surface area contributed by atoms with Gasteiger partial charge in [0.05, 0.1) is 0 Å². The Bertz CT molecular complexity index is 142. The van der Waals surface area contributed by atoms with Crippen molar-refractivity contribution in [1.29, 1.82) is 0 Å². The van der Waals surface area contributed by atoms with E-state index in [4.69, 9.17) is 12.8 Å². The van der Waals surface area contributed by atoms with Crippen LogP contribution in [0.4, 0.5) is 0 Å². The second kappa shape index (κ2) is 10.8. The van der Waals surface area contributed by atoms with E-state index < -0.39 is 0 Å². The van der Waals surface area contributed by atoms with E-state index in [0.29, 0.717) is 0 Å².